The van der Waals surface area contributed by atoms with E-state index in [1.807, 2.05) is 35.7 Å². The maximum Gasteiger partial charge on any atom is 0.433 e. The highest BCUT2D eigenvalue weighted by molar-refractivity contribution is 6.25. The highest BCUT2D eigenvalue weighted by Gasteiger charge is 2.47. The van der Waals surface area contributed by atoms with E-state index in [0.29, 0.717) is 67.2 Å². The first kappa shape index (κ1) is 45.7. The lowest BCUT2D eigenvalue weighted by Crippen LogP contribution is -2.54. The molecule has 2 aromatic carbocycles. The third kappa shape index (κ3) is 9.59. The van der Waals surface area contributed by atoms with Gasteiger partial charge in [0.25, 0.3) is 17.7 Å². The van der Waals surface area contributed by atoms with Gasteiger partial charge in [-0.05, 0) is 81.7 Å². The van der Waals surface area contributed by atoms with Crippen LogP contribution in [0.4, 0.5) is 24.5 Å². The number of ether oxygens (including phenoxy) is 1. The Balaban J connectivity index is 0.730. The lowest BCUT2D eigenvalue weighted by Gasteiger charge is -2.48. The fraction of sp³-hybridized carbons (Fsp3) is 0.489. The van der Waals surface area contributed by atoms with Gasteiger partial charge in [-0.1, -0.05) is 12.1 Å². The summed E-state index contributed by atoms with van der Waals surface area (Å²) in [5.41, 5.74) is 0.759. The topological polar surface area (TPSA) is 183 Å². The average Bonchev–Trinajstić information content (AvgIpc) is 3.82. The van der Waals surface area contributed by atoms with E-state index in [4.69, 9.17) is 9.84 Å². The maximum atomic E-state index is 13.7. The summed E-state index contributed by atoms with van der Waals surface area (Å²) in [6.45, 7) is 11.2. The number of likely N-dealkylation sites (tertiary alicyclic amines) is 1. The van der Waals surface area contributed by atoms with E-state index < -0.39 is 47.4 Å². The quantitative estimate of drug-likeness (QED) is 0.203. The number of nitrogens with one attached hydrogen (secondary N) is 2. The molecule has 6 amide bonds. The van der Waals surface area contributed by atoms with Crippen molar-refractivity contribution >= 4 is 57.7 Å². The van der Waals surface area contributed by atoms with E-state index >= 15 is 0 Å². The van der Waals surface area contributed by atoms with Gasteiger partial charge in [-0.2, -0.15) is 18.3 Å². The van der Waals surface area contributed by atoms with Crippen molar-refractivity contribution in [2.45, 2.75) is 77.2 Å². The summed E-state index contributed by atoms with van der Waals surface area (Å²) in [7, 11) is 0. The minimum Gasteiger partial charge on any atom is -0.489 e. The molecule has 2 N–H and O–H groups in total. The molecule has 0 aliphatic carbocycles. The molecule has 0 saturated carbocycles. The van der Waals surface area contributed by atoms with Gasteiger partial charge < -0.3 is 19.9 Å². The SMILES string of the molecule is CC(C)Oc1cc2nn(CCN3CCN(CC(=O)N4CCC5(CC4)CCN(c4cccc6c4C(=O)N(C4CCC(=O)NC4=O)C6=O)CC5)CC3)cc2cc1NC(=O)c1cccc(C(F)(F)F)n1. The van der Waals surface area contributed by atoms with Crippen molar-refractivity contribution in [2.75, 3.05) is 75.7 Å². The van der Waals surface area contributed by atoms with Crippen LogP contribution in [0.2, 0.25) is 0 Å². The fourth-order valence-corrected chi connectivity index (χ4v) is 9.99. The number of halogens is 3. The van der Waals surface area contributed by atoms with Gasteiger partial charge in [0.2, 0.25) is 17.7 Å². The van der Waals surface area contributed by atoms with Gasteiger partial charge >= 0.3 is 6.18 Å². The normalized spacial score (nSPS) is 20.5. The number of pyridine rings is 1. The van der Waals surface area contributed by atoms with E-state index in [1.165, 1.54) is 6.07 Å². The van der Waals surface area contributed by atoms with Gasteiger partial charge in [-0.15, -0.1) is 0 Å². The summed E-state index contributed by atoms with van der Waals surface area (Å²) in [6, 6.07) is 10.8. The monoisotopic (exact) mass is 926 g/mol. The van der Waals surface area contributed by atoms with E-state index in [2.05, 4.69) is 30.3 Å². The largest absolute Gasteiger partial charge is 0.489 e. The number of carbonyl (C=O) groups is 6. The van der Waals surface area contributed by atoms with E-state index in [1.54, 1.807) is 24.3 Å². The average molecular weight is 927 g/mol. The zero-order valence-electron chi connectivity index (χ0n) is 37.4. The Bertz CT molecular complexity index is 2610. The number of piperidine rings is 3. The van der Waals surface area contributed by atoms with Crippen molar-refractivity contribution in [2.24, 2.45) is 5.41 Å². The van der Waals surface area contributed by atoms with Crippen LogP contribution in [-0.2, 0) is 27.1 Å². The zero-order valence-corrected chi connectivity index (χ0v) is 37.4. The summed E-state index contributed by atoms with van der Waals surface area (Å²) >= 11 is 0. The molecule has 17 nitrogen and oxygen atoms in total. The minimum absolute atomic E-state index is 0.0641. The molecule has 5 aliphatic heterocycles. The number of anilines is 2. The lowest BCUT2D eigenvalue weighted by molar-refractivity contribution is -0.141. The van der Waals surface area contributed by atoms with Gasteiger partial charge in [0, 0.05) is 83.0 Å². The summed E-state index contributed by atoms with van der Waals surface area (Å²) < 4.78 is 47.5. The zero-order chi connectivity index (χ0) is 47.2. The smallest absolute Gasteiger partial charge is 0.433 e. The van der Waals surface area contributed by atoms with Crippen LogP contribution in [0.1, 0.15) is 89.3 Å². The Morgan fingerprint density at radius 1 is 0.881 bits per heavy atom. The van der Waals surface area contributed by atoms with Crippen molar-refractivity contribution in [1.29, 1.82) is 0 Å². The molecule has 4 saturated heterocycles. The molecule has 9 rings (SSSR count). The van der Waals surface area contributed by atoms with Crippen molar-refractivity contribution in [3.05, 3.63) is 77.2 Å². The minimum atomic E-state index is -4.69. The van der Waals surface area contributed by atoms with Crippen molar-refractivity contribution in [3.8, 4) is 5.75 Å². The molecule has 7 heterocycles. The molecular formula is C47H53F3N10O7. The molecule has 4 aromatic rings. The highest BCUT2D eigenvalue weighted by Crippen LogP contribution is 2.44. The Morgan fingerprint density at radius 2 is 1.58 bits per heavy atom. The number of hydrogen-bond acceptors (Lipinski definition) is 12. The van der Waals surface area contributed by atoms with Crippen molar-refractivity contribution < 1.29 is 46.7 Å². The maximum absolute atomic E-state index is 13.7. The number of alkyl halides is 3. The van der Waals surface area contributed by atoms with Crippen LogP contribution in [0.25, 0.3) is 10.9 Å². The first-order valence-electron chi connectivity index (χ1n) is 22.9. The van der Waals surface area contributed by atoms with Crippen LogP contribution < -0.4 is 20.3 Å². The molecule has 1 spiro atoms. The van der Waals surface area contributed by atoms with E-state index in [9.17, 15) is 41.9 Å². The second kappa shape index (κ2) is 18.3. The number of hydrogen-bond donors (Lipinski definition) is 2. The number of nitrogens with zero attached hydrogens (tertiary/aromatic N) is 8. The Hall–Kier alpha value is -6.41. The predicted molar refractivity (Wildman–Crippen MR) is 238 cm³/mol. The van der Waals surface area contributed by atoms with Crippen molar-refractivity contribution in [1.82, 2.24) is 39.7 Å². The lowest BCUT2D eigenvalue weighted by atomic mass is 9.71. The second-order valence-electron chi connectivity index (χ2n) is 18.5. The van der Waals surface area contributed by atoms with Crippen molar-refractivity contribution in [3.63, 3.8) is 0 Å². The third-order valence-electron chi connectivity index (χ3n) is 13.8. The fourth-order valence-electron chi connectivity index (χ4n) is 9.99. The van der Waals surface area contributed by atoms with Crippen LogP contribution in [-0.4, -0.2) is 147 Å². The molecular weight excluding hydrogens is 874 g/mol. The number of benzene rings is 2. The molecule has 1 unspecified atom stereocenters. The Morgan fingerprint density at radius 3 is 2.28 bits per heavy atom. The number of amides is 6. The van der Waals surface area contributed by atoms with Gasteiger partial charge in [-0.3, -0.25) is 53.5 Å². The van der Waals surface area contributed by atoms with Crippen LogP contribution in [0.5, 0.6) is 5.75 Å². The number of carbonyl (C=O) groups excluding carboxylic acids is 6. The van der Waals surface area contributed by atoms with Gasteiger partial charge in [0.05, 0.1) is 47.2 Å². The number of imide groups is 2. The molecule has 5 aliphatic rings. The molecule has 20 heteroatoms. The third-order valence-corrected chi connectivity index (χ3v) is 13.8. The van der Waals surface area contributed by atoms with Gasteiger partial charge in [0.1, 0.15) is 23.2 Å². The summed E-state index contributed by atoms with van der Waals surface area (Å²) in [6.07, 6.45) is 0.667. The van der Waals surface area contributed by atoms with Crippen LogP contribution >= 0.6 is 0 Å². The molecule has 2 aromatic heterocycles. The summed E-state index contributed by atoms with van der Waals surface area (Å²) in [4.78, 5) is 91.2. The van der Waals surface area contributed by atoms with Crippen LogP contribution in [0.3, 0.4) is 0 Å². The molecule has 1 atom stereocenters. The molecule has 67 heavy (non-hydrogen) atoms. The number of piperazine rings is 1. The summed E-state index contributed by atoms with van der Waals surface area (Å²) in [5, 5.41) is 10.4. The standard InChI is InChI=1S/C47H53F3N10O7/c1-29(2)67-37-26-33-30(25-34(37)52-42(63)32-6-4-8-38(51-32)47(48,49)50)27-59(54-33)24-23-55-19-21-56(22-20-55)28-40(62)58-17-13-46(14-18-58)11-15-57(16-12-46)35-7-3-5-31-41(35)45(66)60(44(31)65)36-9-10-39(61)53-43(36)64/h3-8,25-27,29,36H,9-24,28H2,1-2H3,(H,52,63)(H,53,61,64). The summed E-state index contributed by atoms with van der Waals surface area (Å²) in [5.74, 6) is -2.39. The number of fused-ring (bicyclic) bond motifs is 2. The molecule has 4 fully saturated rings. The first-order chi connectivity index (χ1) is 32.0. The van der Waals surface area contributed by atoms with Gasteiger partial charge in [-0.25, -0.2) is 4.98 Å². The first-order valence-corrected chi connectivity index (χ1v) is 22.9. The van der Waals surface area contributed by atoms with Gasteiger partial charge in [0.15, 0.2) is 0 Å². The Labute approximate surface area is 384 Å². The van der Waals surface area contributed by atoms with E-state index in [-0.39, 0.29) is 47.2 Å². The van der Waals surface area contributed by atoms with Crippen LogP contribution in [0.15, 0.2) is 54.7 Å². The number of rotatable bonds is 11. The Kier molecular flexibility index (Phi) is 12.5. The molecule has 0 radical (unpaired) electrons. The second-order valence-corrected chi connectivity index (χ2v) is 18.5. The van der Waals surface area contributed by atoms with Crippen LogP contribution in [0, 0.1) is 5.41 Å². The predicted octanol–water partition coefficient (Wildman–Crippen LogP) is 4.42. The highest BCUT2D eigenvalue weighted by atomic mass is 19.4. The molecule has 354 valence electrons. The van der Waals surface area contributed by atoms with E-state index in [0.717, 1.165) is 75.4 Å². The number of aromatic nitrogens is 3. The molecule has 0 bridgehead atoms.